The zero-order valence-electron chi connectivity index (χ0n) is 16.2. The molecule has 1 aromatic carbocycles. The van der Waals surface area contributed by atoms with E-state index in [-0.39, 0.29) is 0 Å². The van der Waals surface area contributed by atoms with Crippen molar-refractivity contribution in [1.29, 1.82) is 0 Å². The second-order valence-corrected chi connectivity index (χ2v) is 8.23. The highest BCUT2D eigenvalue weighted by atomic mass is 15.3. The Labute approximate surface area is 167 Å². The summed E-state index contributed by atoms with van der Waals surface area (Å²) in [5.74, 6) is 2.48. The van der Waals surface area contributed by atoms with Crippen molar-refractivity contribution in [1.82, 2.24) is 35.5 Å². The summed E-state index contributed by atoms with van der Waals surface area (Å²) in [4.78, 5) is 4.82. The summed E-state index contributed by atoms with van der Waals surface area (Å²) in [7, 11) is 2.21. The molecular weight excluding hydrogens is 364 g/mol. The van der Waals surface area contributed by atoms with Crippen molar-refractivity contribution in [3.63, 3.8) is 0 Å². The van der Waals surface area contributed by atoms with Gasteiger partial charge in [0.15, 0.2) is 5.82 Å². The number of benzene rings is 1. The average Bonchev–Trinajstić information content (AvgIpc) is 3.51. The summed E-state index contributed by atoms with van der Waals surface area (Å²) in [5.41, 5.74) is 4.94. The minimum absolute atomic E-state index is 0.751. The molecule has 8 heteroatoms. The van der Waals surface area contributed by atoms with Gasteiger partial charge >= 0.3 is 0 Å². The predicted molar refractivity (Wildman–Crippen MR) is 111 cm³/mol. The predicted octanol–water partition coefficient (Wildman–Crippen LogP) is 2.41. The highest BCUT2D eigenvalue weighted by Gasteiger charge is 2.39. The van der Waals surface area contributed by atoms with Gasteiger partial charge in [0.1, 0.15) is 0 Å². The van der Waals surface area contributed by atoms with E-state index in [2.05, 4.69) is 71.7 Å². The first-order valence-corrected chi connectivity index (χ1v) is 9.99. The molecule has 146 valence electrons. The third-order valence-electron chi connectivity index (χ3n) is 6.34. The average molecular weight is 386 g/mol. The minimum atomic E-state index is 0.751. The first kappa shape index (κ1) is 16.7. The summed E-state index contributed by atoms with van der Waals surface area (Å²) in [5, 5.41) is 24.5. The maximum Gasteiger partial charge on any atom is 0.151 e. The fourth-order valence-corrected chi connectivity index (χ4v) is 4.95. The number of fused-ring (bicyclic) bond motifs is 2. The molecule has 0 aliphatic carbocycles. The topological polar surface area (TPSA) is 89.6 Å². The Bertz CT molecular complexity index is 1130. The van der Waals surface area contributed by atoms with Crippen molar-refractivity contribution in [3.05, 3.63) is 42.9 Å². The van der Waals surface area contributed by atoms with Gasteiger partial charge in [-0.15, -0.1) is 10.2 Å². The van der Waals surface area contributed by atoms with Crippen molar-refractivity contribution < 1.29 is 0 Å². The summed E-state index contributed by atoms with van der Waals surface area (Å²) >= 11 is 0. The van der Waals surface area contributed by atoms with Gasteiger partial charge in [-0.25, -0.2) is 0 Å². The molecule has 5 heterocycles. The Morgan fingerprint density at radius 1 is 0.897 bits per heavy atom. The lowest BCUT2D eigenvalue weighted by Crippen LogP contribution is -2.27. The van der Waals surface area contributed by atoms with Crippen LogP contribution in [0, 0.1) is 11.8 Å². The second-order valence-electron chi connectivity index (χ2n) is 8.23. The van der Waals surface area contributed by atoms with Gasteiger partial charge in [0, 0.05) is 48.9 Å². The number of nitrogens with one attached hydrogen (secondary N) is 2. The molecule has 6 rings (SSSR count). The lowest BCUT2D eigenvalue weighted by atomic mass is 10.0. The van der Waals surface area contributed by atoms with Crippen molar-refractivity contribution in [3.8, 4) is 22.4 Å². The van der Waals surface area contributed by atoms with E-state index in [1.165, 1.54) is 13.1 Å². The van der Waals surface area contributed by atoms with Crippen LogP contribution >= 0.6 is 0 Å². The molecule has 2 saturated heterocycles. The van der Waals surface area contributed by atoms with E-state index in [9.17, 15) is 0 Å². The van der Waals surface area contributed by atoms with Crippen molar-refractivity contribution in [2.24, 2.45) is 11.8 Å². The standard InChI is InChI=1S/C21H22N8/c1-28-9-14-11-29(12-15(14)10-28)20-5-4-19(25-26-20)17-3-2-16(13-6-22-23-7-13)18-8-24-27-21(17)18/h2-8,14-15H,9-12H2,1H3,(H,22,23)(H,24,27)/t14-,15+. The highest BCUT2D eigenvalue weighted by Crippen LogP contribution is 2.35. The Hall–Kier alpha value is -3.26. The van der Waals surface area contributed by atoms with Crippen LogP contribution in [0.4, 0.5) is 5.82 Å². The molecular formula is C21H22N8. The molecule has 2 atom stereocenters. The van der Waals surface area contributed by atoms with Crippen molar-refractivity contribution in [2.75, 3.05) is 38.1 Å². The lowest BCUT2D eigenvalue weighted by molar-refractivity contribution is 0.387. The van der Waals surface area contributed by atoms with Gasteiger partial charge < -0.3 is 9.80 Å². The molecule has 0 amide bonds. The number of hydrogen-bond acceptors (Lipinski definition) is 6. The number of aromatic nitrogens is 6. The van der Waals surface area contributed by atoms with E-state index in [4.69, 9.17) is 0 Å². The molecule has 0 radical (unpaired) electrons. The molecule has 0 bridgehead atoms. The fraction of sp³-hybridized carbons (Fsp3) is 0.333. The largest absolute Gasteiger partial charge is 0.354 e. The van der Waals surface area contributed by atoms with Crippen molar-refractivity contribution in [2.45, 2.75) is 0 Å². The lowest BCUT2D eigenvalue weighted by Gasteiger charge is -2.19. The molecule has 0 spiro atoms. The van der Waals surface area contributed by atoms with Crippen LogP contribution in [0.25, 0.3) is 33.3 Å². The third-order valence-corrected chi connectivity index (χ3v) is 6.34. The molecule has 8 nitrogen and oxygen atoms in total. The van der Waals surface area contributed by atoms with Crippen LogP contribution in [0.2, 0.25) is 0 Å². The van der Waals surface area contributed by atoms with Gasteiger partial charge in [0.05, 0.1) is 23.6 Å². The van der Waals surface area contributed by atoms with Gasteiger partial charge in [0.25, 0.3) is 0 Å². The first-order chi connectivity index (χ1) is 14.3. The molecule has 2 fully saturated rings. The number of rotatable bonds is 3. The van der Waals surface area contributed by atoms with Gasteiger partial charge in [-0.2, -0.15) is 10.2 Å². The molecule has 4 aromatic rings. The van der Waals surface area contributed by atoms with Crippen molar-refractivity contribution >= 4 is 16.7 Å². The van der Waals surface area contributed by atoms with Crippen LogP contribution in [-0.2, 0) is 0 Å². The maximum absolute atomic E-state index is 4.56. The monoisotopic (exact) mass is 386 g/mol. The zero-order chi connectivity index (χ0) is 19.4. The van der Waals surface area contributed by atoms with Crippen LogP contribution in [0.15, 0.2) is 42.9 Å². The van der Waals surface area contributed by atoms with Gasteiger partial charge in [-0.05, 0) is 42.6 Å². The van der Waals surface area contributed by atoms with Crippen LogP contribution in [-0.4, -0.2) is 68.7 Å². The van der Waals surface area contributed by atoms with E-state index < -0.39 is 0 Å². The fourth-order valence-electron chi connectivity index (χ4n) is 4.95. The summed E-state index contributed by atoms with van der Waals surface area (Å²) in [6, 6.07) is 8.32. The van der Waals surface area contributed by atoms with Crippen LogP contribution < -0.4 is 4.90 Å². The normalized spacial score (nSPS) is 21.9. The Balaban J connectivity index is 1.31. The van der Waals surface area contributed by atoms with E-state index in [1.807, 2.05) is 18.6 Å². The summed E-state index contributed by atoms with van der Waals surface area (Å²) in [6.45, 7) is 4.53. The molecule has 0 saturated carbocycles. The summed E-state index contributed by atoms with van der Waals surface area (Å²) in [6.07, 6.45) is 5.56. The van der Waals surface area contributed by atoms with Gasteiger partial charge in [-0.1, -0.05) is 6.07 Å². The summed E-state index contributed by atoms with van der Waals surface area (Å²) < 4.78 is 0. The van der Waals surface area contributed by atoms with E-state index >= 15 is 0 Å². The number of anilines is 1. The number of likely N-dealkylation sites (tertiary alicyclic amines) is 1. The number of nitrogens with zero attached hydrogens (tertiary/aromatic N) is 6. The molecule has 3 aromatic heterocycles. The van der Waals surface area contributed by atoms with Crippen LogP contribution in [0.5, 0.6) is 0 Å². The molecule has 29 heavy (non-hydrogen) atoms. The minimum Gasteiger partial charge on any atom is -0.354 e. The number of aromatic amines is 2. The Morgan fingerprint density at radius 3 is 2.45 bits per heavy atom. The van der Waals surface area contributed by atoms with E-state index in [0.29, 0.717) is 0 Å². The third kappa shape index (κ3) is 2.71. The number of H-pyrrole nitrogens is 2. The molecule has 2 N–H and O–H groups in total. The smallest absolute Gasteiger partial charge is 0.151 e. The van der Waals surface area contributed by atoms with Gasteiger partial charge in [0.2, 0.25) is 0 Å². The second kappa shape index (κ2) is 6.38. The maximum atomic E-state index is 4.56. The SMILES string of the molecule is CN1C[C@@H]2CN(c3ccc(-c4ccc(-c5cn[nH]c5)c5cn[nH]c45)nn3)C[C@@H]2C1. The Morgan fingerprint density at radius 2 is 1.72 bits per heavy atom. The van der Waals surface area contributed by atoms with E-state index in [0.717, 1.165) is 64.0 Å². The highest BCUT2D eigenvalue weighted by molar-refractivity contribution is 6.01. The molecule has 2 aliphatic heterocycles. The van der Waals surface area contributed by atoms with Crippen LogP contribution in [0.1, 0.15) is 0 Å². The van der Waals surface area contributed by atoms with E-state index in [1.54, 1.807) is 0 Å². The quantitative estimate of drug-likeness (QED) is 0.562. The van der Waals surface area contributed by atoms with Gasteiger partial charge in [-0.3, -0.25) is 10.2 Å². The molecule has 0 unspecified atom stereocenters. The first-order valence-electron chi connectivity index (χ1n) is 9.99. The Kier molecular flexibility index (Phi) is 3.67. The number of hydrogen-bond donors (Lipinski definition) is 2. The zero-order valence-corrected chi connectivity index (χ0v) is 16.2. The molecule has 2 aliphatic rings. The van der Waals surface area contributed by atoms with Crippen LogP contribution in [0.3, 0.4) is 0 Å².